The van der Waals surface area contributed by atoms with Gasteiger partial charge in [0.1, 0.15) is 11.4 Å². The van der Waals surface area contributed by atoms with Crippen LogP contribution in [0.5, 0.6) is 0 Å². The summed E-state index contributed by atoms with van der Waals surface area (Å²) in [5, 5.41) is 50.2. The minimum Gasteiger partial charge on any atom is -0.316 e. The van der Waals surface area contributed by atoms with E-state index < -0.39 is 42.9 Å². The van der Waals surface area contributed by atoms with E-state index in [0.717, 1.165) is 12.1 Å². The van der Waals surface area contributed by atoms with E-state index in [2.05, 4.69) is 10.6 Å². The van der Waals surface area contributed by atoms with Gasteiger partial charge in [-0.25, -0.2) is 0 Å². The molecule has 0 saturated carbocycles. The van der Waals surface area contributed by atoms with Crippen molar-refractivity contribution in [3.8, 4) is 0 Å². The van der Waals surface area contributed by atoms with Gasteiger partial charge in [-0.1, -0.05) is 24.3 Å². The lowest BCUT2D eigenvalue weighted by Gasteiger charge is -2.10. The zero-order chi connectivity index (χ0) is 31.3. The fourth-order valence-corrected chi connectivity index (χ4v) is 4.03. The van der Waals surface area contributed by atoms with Gasteiger partial charge in [-0.2, -0.15) is 0 Å². The van der Waals surface area contributed by atoms with Crippen molar-refractivity contribution in [3.05, 3.63) is 148 Å². The SMILES string of the molecule is O=C(Nc1ccc(Cc2ccc(NC(=O)c3cccc([N+](=O)[O-])c3)c([N+](=O)[O-])c2)cc1[N+](=O)[O-])c1cccc([N+](=O)[O-])c1. The van der Waals surface area contributed by atoms with Crippen LogP contribution in [0.4, 0.5) is 34.1 Å². The zero-order valence-electron chi connectivity index (χ0n) is 21.7. The van der Waals surface area contributed by atoms with E-state index in [0.29, 0.717) is 11.1 Å². The summed E-state index contributed by atoms with van der Waals surface area (Å²) >= 11 is 0. The van der Waals surface area contributed by atoms with Crippen molar-refractivity contribution in [2.24, 2.45) is 0 Å². The lowest BCUT2D eigenvalue weighted by Crippen LogP contribution is -2.14. The molecule has 4 rings (SSSR count). The lowest BCUT2D eigenvalue weighted by molar-refractivity contribution is -0.385. The first-order valence-electron chi connectivity index (χ1n) is 12.1. The average Bonchev–Trinajstić information content (AvgIpc) is 2.98. The number of nitrogens with one attached hydrogen (secondary N) is 2. The van der Waals surface area contributed by atoms with Crippen molar-refractivity contribution in [2.75, 3.05) is 10.6 Å². The summed E-state index contributed by atoms with van der Waals surface area (Å²) in [6.45, 7) is 0. The second-order valence-electron chi connectivity index (χ2n) is 8.92. The Labute approximate surface area is 240 Å². The average molecular weight is 586 g/mol. The number of anilines is 2. The van der Waals surface area contributed by atoms with E-state index in [1.165, 1.54) is 72.8 Å². The van der Waals surface area contributed by atoms with Gasteiger partial charge in [0, 0.05) is 47.5 Å². The van der Waals surface area contributed by atoms with Crippen molar-refractivity contribution in [1.82, 2.24) is 0 Å². The fourth-order valence-electron chi connectivity index (χ4n) is 4.03. The molecule has 216 valence electrons. The van der Waals surface area contributed by atoms with Crippen LogP contribution in [0.2, 0.25) is 0 Å². The summed E-state index contributed by atoms with van der Waals surface area (Å²) in [5.41, 5.74) is -1.41. The summed E-state index contributed by atoms with van der Waals surface area (Å²) in [4.78, 5) is 67.9. The number of benzene rings is 4. The van der Waals surface area contributed by atoms with Crippen LogP contribution in [0.15, 0.2) is 84.9 Å². The number of nitro benzene ring substituents is 4. The van der Waals surface area contributed by atoms with Crippen LogP contribution in [0.1, 0.15) is 31.8 Å². The van der Waals surface area contributed by atoms with Crippen LogP contribution < -0.4 is 10.6 Å². The highest BCUT2D eigenvalue weighted by atomic mass is 16.6. The highest BCUT2D eigenvalue weighted by molar-refractivity contribution is 6.06. The highest BCUT2D eigenvalue weighted by Crippen LogP contribution is 2.31. The third kappa shape index (κ3) is 6.95. The number of rotatable bonds is 10. The molecule has 4 aromatic carbocycles. The maximum atomic E-state index is 12.6. The van der Waals surface area contributed by atoms with Crippen molar-refractivity contribution in [1.29, 1.82) is 0 Å². The summed E-state index contributed by atoms with van der Waals surface area (Å²) in [7, 11) is 0. The molecular weight excluding hydrogens is 568 g/mol. The summed E-state index contributed by atoms with van der Waals surface area (Å²) in [5.74, 6) is -1.61. The van der Waals surface area contributed by atoms with Crippen LogP contribution in [0.25, 0.3) is 0 Å². The molecule has 0 saturated heterocycles. The minimum atomic E-state index is -0.807. The quantitative estimate of drug-likeness (QED) is 0.177. The van der Waals surface area contributed by atoms with E-state index in [9.17, 15) is 50.0 Å². The first-order valence-corrected chi connectivity index (χ1v) is 12.1. The van der Waals surface area contributed by atoms with Crippen molar-refractivity contribution in [3.63, 3.8) is 0 Å². The molecule has 0 aliphatic carbocycles. The number of nitro groups is 4. The Morgan fingerprint density at radius 1 is 0.535 bits per heavy atom. The third-order valence-corrected chi connectivity index (χ3v) is 6.06. The molecule has 0 aromatic heterocycles. The molecule has 0 fully saturated rings. The van der Waals surface area contributed by atoms with Gasteiger partial charge in [0.2, 0.25) is 0 Å². The molecule has 0 aliphatic rings. The second kappa shape index (κ2) is 12.3. The van der Waals surface area contributed by atoms with Gasteiger partial charge in [0.25, 0.3) is 34.6 Å². The molecule has 0 spiro atoms. The Bertz CT molecular complexity index is 1690. The fraction of sp³-hybridized carbons (Fsp3) is 0.0370. The molecule has 0 aliphatic heterocycles. The summed E-state index contributed by atoms with van der Waals surface area (Å²) < 4.78 is 0. The van der Waals surface area contributed by atoms with Crippen LogP contribution >= 0.6 is 0 Å². The molecule has 16 heteroatoms. The number of nitrogens with zero attached hydrogens (tertiary/aromatic N) is 4. The number of hydrogen-bond acceptors (Lipinski definition) is 10. The van der Waals surface area contributed by atoms with E-state index in [4.69, 9.17) is 0 Å². The monoisotopic (exact) mass is 586 g/mol. The summed E-state index contributed by atoms with van der Waals surface area (Å²) in [6, 6.07) is 17.5. The largest absolute Gasteiger partial charge is 0.316 e. The first kappa shape index (κ1) is 29.4. The van der Waals surface area contributed by atoms with Crippen LogP contribution in [-0.4, -0.2) is 31.5 Å². The Morgan fingerprint density at radius 3 is 1.28 bits per heavy atom. The van der Waals surface area contributed by atoms with Crippen molar-refractivity contribution >= 4 is 45.9 Å². The molecule has 0 heterocycles. The highest BCUT2D eigenvalue weighted by Gasteiger charge is 2.21. The molecule has 16 nitrogen and oxygen atoms in total. The van der Waals surface area contributed by atoms with E-state index >= 15 is 0 Å². The normalized spacial score (nSPS) is 10.4. The number of amides is 2. The van der Waals surface area contributed by atoms with Gasteiger partial charge >= 0.3 is 0 Å². The molecule has 2 N–H and O–H groups in total. The van der Waals surface area contributed by atoms with Crippen molar-refractivity contribution < 1.29 is 29.3 Å². The van der Waals surface area contributed by atoms with Gasteiger partial charge in [-0.15, -0.1) is 0 Å². The van der Waals surface area contributed by atoms with Crippen LogP contribution in [0.3, 0.4) is 0 Å². The topological polar surface area (TPSA) is 231 Å². The summed E-state index contributed by atoms with van der Waals surface area (Å²) in [6.07, 6.45) is -0.000106. The van der Waals surface area contributed by atoms with Gasteiger partial charge in [0.15, 0.2) is 0 Å². The Morgan fingerprint density at radius 2 is 0.930 bits per heavy atom. The smallest absolute Gasteiger partial charge is 0.293 e. The molecule has 0 radical (unpaired) electrons. The van der Waals surface area contributed by atoms with Gasteiger partial charge in [0.05, 0.1) is 19.7 Å². The Hall–Kier alpha value is -6.58. The van der Waals surface area contributed by atoms with Gasteiger partial charge in [-0.3, -0.25) is 50.0 Å². The molecule has 0 atom stereocenters. The van der Waals surface area contributed by atoms with Crippen molar-refractivity contribution in [2.45, 2.75) is 6.42 Å². The van der Waals surface area contributed by atoms with Crippen LogP contribution in [-0.2, 0) is 6.42 Å². The lowest BCUT2D eigenvalue weighted by atomic mass is 10.0. The Kier molecular flexibility index (Phi) is 8.41. The Balaban J connectivity index is 1.55. The molecule has 0 unspecified atom stereocenters. The standard InChI is InChI=1S/C27H18N6O10/c34-26(18-3-1-5-20(14-18)30(36)37)28-22-9-7-16(12-24(22)32(40)41)11-17-8-10-23(25(13-17)33(42)43)29-27(35)19-4-2-6-21(15-19)31(38)39/h1-10,12-15H,11H2,(H,28,34)(H,29,35). The van der Waals surface area contributed by atoms with Gasteiger partial charge < -0.3 is 10.6 Å². The first-order chi connectivity index (χ1) is 20.4. The number of carbonyl (C=O) groups excluding carboxylic acids is 2. The molecule has 4 aromatic rings. The maximum Gasteiger partial charge on any atom is 0.293 e. The number of non-ortho nitro benzene ring substituents is 2. The third-order valence-electron chi connectivity index (χ3n) is 6.06. The van der Waals surface area contributed by atoms with E-state index in [1.54, 1.807) is 0 Å². The molecule has 2 amide bonds. The molecule has 0 bridgehead atoms. The zero-order valence-corrected chi connectivity index (χ0v) is 21.7. The maximum absolute atomic E-state index is 12.6. The van der Waals surface area contributed by atoms with Gasteiger partial charge in [-0.05, 0) is 41.8 Å². The minimum absolute atomic E-state index is 0.000106. The van der Waals surface area contributed by atoms with Crippen LogP contribution in [0, 0.1) is 40.5 Å². The predicted molar refractivity (Wildman–Crippen MR) is 151 cm³/mol. The van der Waals surface area contributed by atoms with E-state index in [1.807, 2.05) is 0 Å². The predicted octanol–water partition coefficient (Wildman–Crippen LogP) is 5.41. The van der Waals surface area contributed by atoms with E-state index in [-0.39, 0.29) is 40.3 Å². The molecular formula is C27H18N6O10. The number of carbonyl (C=O) groups is 2. The number of hydrogen-bond donors (Lipinski definition) is 2. The molecule has 43 heavy (non-hydrogen) atoms. The second-order valence-corrected chi connectivity index (χ2v) is 8.92.